The van der Waals surface area contributed by atoms with Crippen LogP contribution in [0.2, 0.25) is 0 Å². The Labute approximate surface area is 125 Å². The lowest BCUT2D eigenvalue weighted by atomic mass is 10.2. The molecule has 2 heterocycles. The fourth-order valence-electron chi connectivity index (χ4n) is 2.24. The largest absolute Gasteiger partial charge is 0.480 e. The Morgan fingerprint density at radius 2 is 2.05 bits per heavy atom. The van der Waals surface area contributed by atoms with E-state index in [1.54, 1.807) is 10.9 Å². The first-order valence-corrected chi connectivity index (χ1v) is 7.53. The number of aliphatic carboxylic acids is 1. The van der Waals surface area contributed by atoms with Gasteiger partial charge in [0.2, 0.25) is 0 Å². The predicted octanol–water partition coefficient (Wildman–Crippen LogP) is 1.47. The smallest absolute Gasteiger partial charge is 0.327 e. The third kappa shape index (κ3) is 2.52. The van der Waals surface area contributed by atoms with E-state index < -0.39 is 12.0 Å². The molecule has 1 N–H and O–H groups in total. The highest BCUT2D eigenvalue weighted by Crippen LogP contribution is 2.24. The Morgan fingerprint density at radius 1 is 1.29 bits per heavy atom. The molecule has 0 radical (unpaired) electrons. The molecule has 0 unspecified atom stereocenters. The van der Waals surface area contributed by atoms with Crippen LogP contribution in [0.5, 0.6) is 0 Å². The summed E-state index contributed by atoms with van der Waals surface area (Å²) < 4.78 is 1.67. The lowest BCUT2D eigenvalue weighted by molar-refractivity contribution is -0.140. The number of aromatic nitrogens is 2. The van der Waals surface area contributed by atoms with Crippen molar-refractivity contribution in [1.82, 2.24) is 14.5 Å². The first kappa shape index (κ1) is 13.7. The molecule has 2 aromatic rings. The summed E-state index contributed by atoms with van der Waals surface area (Å²) >= 11 is 1.44. The Balaban J connectivity index is 1.93. The van der Waals surface area contributed by atoms with Gasteiger partial charge in [-0.25, -0.2) is 9.78 Å². The molecule has 1 aromatic carbocycles. The van der Waals surface area contributed by atoms with Gasteiger partial charge < -0.3 is 10.0 Å². The first-order chi connectivity index (χ1) is 10.2. The maximum absolute atomic E-state index is 12.6. The molecule has 1 aliphatic heterocycles. The summed E-state index contributed by atoms with van der Waals surface area (Å²) in [5.41, 5.74) is 1.19. The minimum atomic E-state index is -0.973. The monoisotopic (exact) mass is 303 g/mol. The minimum Gasteiger partial charge on any atom is -0.480 e. The van der Waals surface area contributed by atoms with Gasteiger partial charge >= 0.3 is 5.97 Å². The van der Waals surface area contributed by atoms with Gasteiger partial charge in [0.05, 0.1) is 18.4 Å². The number of carbonyl (C=O) groups is 2. The Morgan fingerprint density at radius 3 is 2.76 bits per heavy atom. The summed E-state index contributed by atoms with van der Waals surface area (Å²) in [4.78, 5) is 29.2. The Kier molecular flexibility index (Phi) is 3.66. The molecule has 0 saturated carbocycles. The van der Waals surface area contributed by atoms with Gasteiger partial charge in [0.15, 0.2) is 0 Å². The van der Waals surface area contributed by atoms with Crippen LogP contribution in [0.3, 0.4) is 0 Å². The number of carboxylic acids is 1. The van der Waals surface area contributed by atoms with Crippen molar-refractivity contribution in [2.45, 2.75) is 6.04 Å². The summed E-state index contributed by atoms with van der Waals surface area (Å²) in [5.74, 6) is -0.482. The molecular formula is C14H13N3O3S. The number of hydrogen-bond acceptors (Lipinski definition) is 4. The van der Waals surface area contributed by atoms with E-state index in [9.17, 15) is 14.7 Å². The van der Waals surface area contributed by atoms with E-state index in [0.29, 0.717) is 17.3 Å². The quantitative estimate of drug-likeness (QED) is 0.929. The van der Waals surface area contributed by atoms with Gasteiger partial charge in [0, 0.05) is 11.4 Å². The molecule has 7 heteroatoms. The van der Waals surface area contributed by atoms with E-state index in [4.69, 9.17) is 0 Å². The highest BCUT2D eigenvalue weighted by Gasteiger charge is 2.36. The van der Waals surface area contributed by atoms with Crippen LogP contribution >= 0.6 is 11.8 Å². The van der Waals surface area contributed by atoms with E-state index in [-0.39, 0.29) is 5.91 Å². The molecule has 1 saturated heterocycles. The second-order valence-corrected chi connectivity index (χ2v) is 5.61. The molecule has 1 aromatic heterocycles. The average molecular weight is 303 g/mol. The molecule has 108 valence electrons. The lowest BCUT2D eigenvalue weighted by Crippen LogP contribution is -2.42. The van der Waals surface area contributed by atoms with E-state index in [0.717, 1.165) is 5.69 Å². The number of carboxylic acid groups (broad SMARTS) is 1. The van der Waals surface area contributed by atoms with E-state index in [1.807, 2.05) is 30.3 Å². The second-order valence-electron chi connectivity index (χ2n) is 4.61. The molecule has 6 nitrogen and oxygen atoms in total. The summed E-state index contributed by atoms with van der Waals surface area (Å²) in [7, 11) is 0. The lowest BCUT2D eigenvalue weighted by Gasteiger charge is -2.20. The molecule has 3 rings (SSSR count). The number of hydrogen-bond donors (Lipinski definition) is 1. The molecule has 1 atom stereocenters. The van der Waals surface area contributed by atoms with Crippen LogP contribution < -0.4 is 0 Å². The van der Waals surface area contributed by atoms with E-state index in [1.165, 1.54) is 22.9 Å². The fraction of sp³-hybridized carbons (Fsp3) is 0.214. The molecule has 1 fully saturated rings. The van der Waals surface area contributed by atoms with Crippen LogP contribution in [0.1, 0.15) is 10.5 Å². The van der Waals surface area contributed by atoms with Crippen molar-refractivity contribution in [3.63, 3.8) is 0 Å². The van der Waals surface area contributed by atoms with Gasteiger partial charge in [0.25, 0.3) is 5.91 Å². The average Bonchev–Trinajstić information content (AvgIpc) is 3.16. The third-order valence-corrected chi connectivity index (χ3v) is 4.33. The minimum absolute atomic E-state index is 0.311. The van der Waals surface area contributed by atoms with Crippen molar-refractivity contribution in [1.29, 1.82) is 0 Å². The number of amides is 1. The Bertz CT molecular complexity index is 671. The molecule has 1 aliphatic rings. The summed E-state index contributed by atoms with van der Waals surface area (Å²) in [6.07, 6.45) is 3.03. The summed E-state index contributed by atoms with van der Waals surface area (Å²) in [6, 6.07) is 8.59. The predicted molar refractivity (Wildman–Crippen MR) is 78.5 cm³/mol. The van der Waals surface area contributed by atoms with Gasteiger partial charge in [0.1, 0.15) is 11.7 Å². The van der Waals surface area contributed by atoms with Gasteiger partial charge in [-0.1, -0.05) is 18.2 Å². The zero-order valence-corrected chi connectivity index (χ0v) is 11.9. The molecule has 0 bridgehead atoms. The molecule has 0 aliphatic carbocycles. The number of thioether (sulfide) groups is 1. The molecule has 1 amide bonds. The normalized spacial score (nSPS) is 17.9. The van der Waals surface area contributed by atoms with Crippen LogP contribution in [0.4, 0.5) is 0 Å². The number of imidazole rings is 1. The van der Waals surface area contributed by atoms with Gasteiger partial charge in [-0.05, 0) is 12.1 Å². The number of benzene rings is 1. The van der Waals surface area contributed by atoms with Crippen molar-refractivity contribution in [2.24, 2.45) is 0 Å². The third-order valence-electron chi connectivity index (χ3n) is 3.32. The van der Waals surface area contributed by atoms with Crippen LogP contribution in [-0.4, -0.2) is 49.1 Å². The standard InChI is InChI=1S/C14H13N3O3S/c18-13(17-9-21-7-12(17)14(19)20)11-6-15-8-16(11)10-4-2-1-3-5-10/h1-6,8,12H,7,9H2,(H,19,20)/t12-/m0/s1. The van der Waals surface area contributed by atoms with Crippen molar-refractivity contribution >= 4 is 23.6 Å². The molecule has 21 heavy (non-hydrogen) atoms. The number of rotatable bonds is 3. The second kappa shape index (κ2) is 5.61. The van der Waals surface area contributed by atoms with Crippen LogP contribution in [0, 0.1) is 0 Å². The molecular weight excluding hydrogens is 290 g/mol. The number of nitrogens with zero attached hydrogens (tertiary/aromatic N) is 3. The summed E-state index contributed by atoms with van der Waals surface area (Å²) in [5, 5.41) is 9.19. The van der Waals surface area contributed by atoms with Crippen LogP contribution in [0.15, 0.2) is 42.9 Å². The van der Waals surface area contributed by atoms with Gasteiger partial charge in [-0.2, -0.15) is 0 Å². The van der Waals surface area contributed by atoms with Crippen molar-refractivity contribution in [2.75, 3.05) is 11.6 Å². The maximum atomic E-state index is 12.6. The van der Waals surface area contributed by atoms with Crippen molar-refractivity contribution in [3.05, 3.63) is 48.5 Å². The topological polar surface area (TPSA) is 75.4 Å². The first-order valence-electron chi connectivity index (χ1n) is 6.38. The summed E-state index contributed by atoms with van der Waals surface area (Å²) in [6.45, 7) is 0. The van der Waals surface area contributed by atoms with Gasteiger partial charge in [-0.3, -0.25) is 9.36 Å². The van der Waals surface area contributed by atoms with Crippen LogP contribution in [0.25, 0.3) is 5.69 Å². The highest BCUT2D eigenvalue weighted by atomic mass is 32.2. The van der Waals surface area contributed by atoms with Crippen molar-refractivity contribution in [3.8, 4) is 5.69 Å². The highest BCUT2D eigenvalue weighted by molar-refractivity contribution is 7.99. The van der Waals surface area contributed by atoms with Gasteiger partial charge in [-0.15, -0.1) is 11.8 Å². The zero-order valence-electron chi connectivity index (χ0n) is 11.0. The molecule has 0 spiro atoms. The van der Waals surface area contributed by atoms with Crippen LogP contribution in [-0.2, 0) is 4.79 Å². The zero-order chi connectivity index (χ0) is 14.8. The van der Waals surface area contributed by atoms with E-state index >= 15 is 0 Å². The maximum Gasteiger partial charge on any atom is 0.327 e. The number of para-hydroxylation sites is 1. The Hall–Kier alpha value is -2.28. The fourth-order valence-corrected chi connectivity index (χ4v) is 3.39. The van der Waals surface area contributed by atoms with Crippen molar-refractivity contribution < 1.29 is 14.7 Å². The van der Waals surface area contributed by atoms with E-state index in [2.05, 4.69) is 4.98 Å². The SMILES string of the molecule is O=C(O)[C@@H]1CSCN1C(=O)c1cncn1-c1ccccc1. The number of carbonyl (C=O) groups excluding carboxylic acids is 1.